The van der Waals surface area contributed by atoms with Gasteiger partial charge in [0.25, 0.3) is 0 Å². The smallest absolute Gasteiger partial charge is 0.233 e. The van der Waals surface area contributed by atoms with Gasteiger partial charge in [0, 0.05) is 11.6 Å². The van der Waals surface area contributed by atoms with Gasteiger partial charge in [-0.1, -0.05) is 28.9 Å². The molecule has 6 nitrogen and oxygen atoms in total. The number of benzene rings is 1. The summed E-state index contributed by atoms with van der Waals surface area (Å²) in [6.07, 6.45) is 2.69. The minimum atomic E-state index is -0.399. The van der Waals surface area contributed by atoms with E-state index in [0.717, 1.165) is 18.4 Å². The van der Waals surface area contributed by atoms with Crippen LogP contribution in [0, 0.1) is 0 Å². The number of carbonyl (C=O) groups is 1. The molecule has 1 aromatic carbocycles. The number of halogens is 1. The predicted octanol–water partition coefficient (Wildman–Crippen LogP) is 2.35. The Labute approximate surface area is 138 Å². The fourth-order valence-electron chi connectivity index (χ4n) is 3.13. The Morgan fingerprint density at radius 2 is 2.09 bits per heavy atom. The molecule has 7 heteroatoms. The van der Waals surface area contributed by atoms with Crippen molar-refractivity contribution in [2.24, 2.45) is 0 Å². The Morgan fingerprint density at radius 1 is 1.30 bits per heavy atom. The van der Waals surface area contributed by atoms with Gasteiger partial charge in [-0.05, 0) is 30.5 Å². The number of amides is 1. The molecule has 0 unspecified atom stereocenters. The molecule has 0 radical (unpaired) electrons. The summed E-state index contributed by atoms with van der Waals surface area (Å²) in [6, 6.07) is 7.58. The van der Waals surface area contributed by atoms with Gasteiger partial charge in [-0.15, -0.1) is 0 Å². The first-order valence-electron chi connectivity index (χ1n) is 7.62. The Kier molecular flexibility index (Phi) is 3.58. The summed E-state index contributed by atoms with van der Waals surface area (Å²) in [6.45, 7) is 1.51. The van der Waals surface area contributed by atoms with Gasteiger partial charge >= 0.3 is 0 Å². The Balaban J connectivity index is 1.53. The fraction of sp³-hybridized carbons (Fsp3) is 0.438. The molecule has 0 bridgehead atoms. The second-order valence-corrected chi connectivity index (χ2v) is 6.43. The maximum Gasteiger partial charge on any atom is 0.233 e. The summed E-state index contributed by atoms with van der Waals surface area (Å²) in [5.74, 6) is 0.635. The summed E-state index contributed by atoms with van der Waals surface area (Å²) >= 11 is 5.95. The number of nitrogens with zero attached hydrogens (tertiary/aromatic N) is 3. The standard InChI is InChI=1S/C16H16ClN3O3/c17-12-3-1-11(2-4-12)16(5-6-16)15(21)20-7-8-22-13(9-20)14-18-10-23-19-14/h1-4,10,13H,5-9H2/t13-/m0/s1. The predicted molar refractivity (Wildman–Crippen MR) is 81.9 cm³/mol. The first kappa shape index (κ1) is 14.7. The van der Waals surface area contributed by atoms with Crippen molar-refractivity contribution in [3.63, 3.8) is 0 Å². The molecule has 1 saturated heterocycles. The molecule has 2 aliphatic rings. The molecule has 1 aromatic heterocycles. The zero-order chi connectivity index (χ0) is 15.9. The van der Waals surface area contributed by atoms with Crippen LogP contribution in [0.25, 0.3) is 0 Å². The number of aromatic nitrogens is 2. The van der Waals surface area contributed by atoms with Crippen LogP contribution in [0.15, 0.2) is 35.2 Å². The largest absolute Gasteiger partial charge is 0.366 e. The Bertz CT molecular complexity index is 698. The van der Waals surface area contributed by atoms with E-state index in [4.69, 9.17) is 20.9 Å². The van der Waals surface area contributed by atoms with Gasteiger partial charge < -0.3 is 14.2 Å². The van der Waals surface area contributed by atoms with Gasteiger partial charge in [0.15, 0.2) is 0 Å². The van der Waals surface area contributed by atoms with Crippen molar-refractivity contribution in [3.8, 4) is 0 Å². The van der Waals surface area contributed by atoms with Crippen molar-refractivity contribution in [2.45, 2.75) is 24.4 Å². The van der Waals surface area contributed by atoms with E-state index in [1.54, 1.807) is 0 Å². The number of hydrogen-bond acceptors (Lipinski definition) is 5. The van der Waals surface area contributed by atoms with E-state index in [1.165, 1.54) is 6.39 Å². The third kappa shape index (κ3) is 2.62. The molecule has 4 rings (SSSR count). The molecular weight excluding hydrogens is 318 g/mol. The Morgan fingerprint density at radius 3 is 2.74 bits per heavy atom. The van der Waals surface area contributed by atoms with Crippen molar-refractivity contribution in [1.82, 2.24) is 15.0 Å². The molecule has 23 heavy (non-hydrogen) atoms. The van der Waals surface area contributed by atoms with Gasteiger partial charge in [-0.3, -0.25) is 4.79 Å². The molecule has 0 N–H and O–H groups in total. The molecule has 2 heterocycles. The highest BCUT2D eigenvalue weighted by Gasteiger charge is 2.53. The molecule has 1 aliphatic carbocycles. The second-order valence-electron chi connectivity index (χ2n) is 5.99. The van der Waals surface area contributed by atoms with Crippen LogP contribution >= 0.6 is 11.6 Å². The SMILES string of the molecule is O=C(N1CCO[C@H](c2ncon2)C1)C1(c2ccc(Cl)cc2)CC1. The number of rotatable bonds is 3. The van der Waals surface area contributed by atoms with Crippen molar-refractivity contribution in [1.29, 1.82) is 0 Å². The summed E-state index contributed by atoms with van der Waals surface area (Å²) in [7, 11) is 0. The minimum absolute atomic E-state index is 0.150. The van der Waals surface area contributed by atoms with Gasteiger partial charge in [-0.25, -0.2) is 0 Å². The van der Waals surface area contributed by atoms with Crippen LogP contribution in [0.5, 0.6) is 0 Å². The lowest BCUT2D eigenvalue weighted by Crippen LogP contribution is -2.47. The van der Waals surface area contributed by atoms with E-state index < -0.39 is 5.41 Å². The molecule has 2 fully saturated rings. The van der Waals surface area contributed by atoms with E-state index >= 15 is 0 Å². The summed E-state index contributed by atoms with van der Waals surface area (Å²) in [5.41, 5.74) is 0.638. The number of hydrogen-bond donors (Lipinski definition) is 0. The van der Waals surface area contributed by atoms with Crippen LogP contribution in [0.4, 0.5) is 0 Å². The molecular formula is C16H16ClN3O3. The van der Waals surface area contributed by atoms with E-state index in [2.05, 4.69) is 10.1 Å². The highest BCUT2D eigenvalue weighted by molar-refractivity contribution is 6.30. The van der Waals surface area contributed by atoms with E-state index in [0.29, 0.717) is 30.5 Å². The maximum atomic E-state index is 13.1. The molecule has 2 aromatic rings. The topological polar surface area (TPSA) is 68.5 Å². The summed E-state index contributed by atoms with van der Waals surface area (Å²) in [4.78, 5) is 18.9. The van der Waals surface area contributed by atoms with Crippen molar-refractivity contribution in [3.05, 3.63) is 47.1 Å². The summed E-state index contributed by atoms with van der Waals surface area (Å²) < 4.78 is 10.4. The first-order valence-corrected chi connectivity index (χ1v) is 8.00. The molecule has 1 aliphatic heterocycles. The van der Waals surface area contributed by atoms with Crippen LogP contribution in [0.1, 0.15) is 30.3 Å². The highest BCUT2D eigenvalue weighted by Crippen LogP contribution is 2.50. The number of morpholine rings is 1. The third-order valence-corrected chi connectivity index (χ3v) is 4.83. The van der Waals surface area contributed by atoms with Crippen molar-refractivity contribution in [2.75, 3.05) is 19.7 Å². The normalized spacial score (nSPS) is 22.8. The van der Waals surface area contributed by atoms with Crippen LogP contribution in [0.3, 0.4) is 0 Å². The fourth-order valence-corrected chi connectivity index (χ4v) is 3.26. The zero-order valence-electron chi connectivity index (χ0n) is 12.4. The first-order chi connectivity index (χ1) is 11.2. The van der Waals surface area contributed by atoms with E-state index in [9.17, 15) is 4.79 Å². The average molecular weight is 334 g/mol. The zero-order valence-corrected chi connectivity index (χ0v) is 13.2. The van der Waals surface area contributed by atoms with E-state index in [1.807, 2.05) is 29.2 Å². The van der Waals surface area contributed by atoms with E-state index in [-0.39, 0.29) is 12.0 Å². The van der Waals surface area contributed by atoms with Gasteiger partial charge in [0.05, 0.1) is 18.6 Å². The summed E-state index contributed by atoms with van der Waals surface area (Å²) in [5, 5.41) is 4.50. The van der Waals surface area contributed by atoms with Crippen molar-refractivity contribution < 1.29 is 14.1 Å². The molecule has 0 spiro atoms. The number of ether oxygens (including phenoxy) is 1. The monoisotopic (exact) mass is 333 g/mol. The van der Waals surface area contributed by atoms with Gasteiger partial charge in [-0.2, -0.15) is 4.98 Å². The van der Waals surface area contributed by atoms with Crippen LogP contribution < -0.4 is 0 Å². The van der Waals surface area contributed by atoms with Crippen LogP contribution in [-0.2, 0) is 14.9 Å². The van der Waals surface area contributed by atoms with Gasteiger partial charge in [0.2, 0.25) is 18.1 Å². The third-order valence-electron chi connectivity index (χ3n) is 4.58. The van der Waals surface area contributed by atoms with Gasteiger partial charge in [0.1, 0.15) is 6.10 Å². The lowest BCUT2D eigenvalue weighted by Gasteiger charge is -2.34. The maximum absolute atomic E-state index is 13.1. The second kappa shape index (κ2) is 5.62. The molecule has 1 amide bonds. The number of carbonyl (C=O) groups excluding carboxylic acids is 1. The molecule has 1 atom stereocenters. The van der Waals surface area contributed by atoms with Crippen LogP contribution in [-0.4, -0.2) is 40.6 Å². The molecule has 1 saturated carbocycles. The average Bonchev–Trinajstić information content (AvgIpc) is 3.20. The quantitative estimate of drug-likeness (QED) is 0.862. The minimum Gasteiger partial charge on any atom is -0.366 e. The highest BCUT2D eigenvalue weighted by atomic mass is 35.5. The van der Waals surface area contributed by atoms with Crippen LogP contribution in [0.2, 0.25) is 5.02 Å². The Hall–Kier alpha value is -1.92. The lowest BCUT2D eigenvalue weighted by molar-refractivity contribution is -0.142. The van der Waals surface area contributed by atoms with Crippen molar-refractivity contribution >= 4 is 17.5 Å². The molecule has 120 valence electrons. The lowest BCUT2D eigenvalue weighted by atomic mass is 9.94.